The van der Waals surface area contributed by atoms with Gasteiger partial charge in [-0.2, -0.15) is 0 Å². The SMILES string of the molecule is COc1ccnc(-c2ccc3ccc(=O)[nH]c3c2)c1. The molecular formula is C15H12N2O2. The predicted molar refractivity (Wildman–Crippen MR) is 74.4 cm³/mol. The average Bonchev–Trinajstić information content (AvgIpc) is 2.46. The molecule has 0 aliphatic heterocycles. The van der Waals surface area contributed by atoms with Crippen LogP contribution in [0.1, 0.15) is 0 Å². The lowest BCUT2D eigenvalue weighted by Crippen LogP contribution is -2.02. The number of rotatable bonds is 2. The summed E-state index contributed by atoms with van der Waals surface area (Å²) < 4.78 is 5.19. The molecule has 0 radical (unpaired) electrons. The molecule has 0 fully saturated rings. The molecule has 0 saturated carbocycles. The van der Waals surface area contributed by atoms with E-state index >= 15 is 0 Å². The summed E-state index contributed by atoms with van der Waals surface area (Å²) in [6.07, 6.45) is 1.70. The smallest absolute Gasteiger partial charge is 0.248 e. The van der Waals surface area contributed by atoms with Crippen molar-refractivity contribution in [3.8, 4) is 17.0 Å². The van der Waals surface area contributed by atoms with Crippen LogP contribution < -0.4 is 10.3 Å². The highest BCUT2D eigenvalue weighted by molar-refractivity contribution is 5.83. The Hall–Kier alpha value is -2.62. The molecule has 19 heavy (non-hydrogen) atoms. The first kappa shape index (κ1) is 11.5. The molecule has 0 atom stereocenters. The van der Waals surface area contributed by atoms with Crippen molar-refractivity contribution in [1.29, 1.82) is 0 Å². The van der Waals surface area contributed by atoms with Gasteiger partial charge in [0, 0.05) is 29.4 Å². The van der Waals surface area contributed by atoms with Crippen molar-refractivity contribution in [2.24, 2.45) is 0 Å². The summed E-state index contributed by atoms with van der Waals surface area (Å²) in [5.41, 5.74) is 2.44. The number of hydrogen-bond donors (Lipinski definition) is 1. The molecule has 0 unspecified atom stereocenters. The van der Waals surface area contributed by atoms with Gasteiger partial charge in [-0.25, -0.2) is 0 Å². The van der Waals surface area contributed by atoms with Gasteiger partial charge in [0.1, 0.15) is 5.75 Å². The maximum Gasteiger partial charge on any atom is 0.248 e. The van der Waals surface area contributed by atoms with Crippen molar-refractivity contribution in [3.05, 3.63) is 59.0 Å². The van der Waals surface area contributed by atoms with E-state index in [0.29, 0.717) is 0 Å². The maximum atomic E-state index is 11.3. The topological polar surface area (TPSA) is 55.0 Å². The summed E-state index contributed by atoms with van der Waals surface area (Å²) in [4.78, 5) is 18.5. The van der Waals surface area contributed by atoms with Crippen molar-refractivity contribution in [1.82, 2.24) is 9.97 Å². The number of H-pyrrole nitrogens is 1. The fraction of sp³-hybridized carbons (Fsp3) is 0.0667. The lowest BCUT2D eigenvalue weighted by atomic mass is 10.1. The van der Waals surface area contributed by atoms with Crippen LogP contribution in [-0.2, 0) is 0 Å². The number of ether oxygens (including phenoxy) is 1. The van der Waals surface area contributed by atoms with Gasteiger partial charge in [-0.05, 0) is 23.6 Å². The number of pyridine rings is 2. The summed E-state index contributed by atoms with van der Waals surface area (Å²) in [5.74, 6) is 0.756. The summed E-state index contributed by atoms with van der Waals surface area (Å²) in [6, 6.07) is 12.8. The highest BCUT2D eigenvalue weighted by Crippen LogP contribution is 2.23. The van der Waals surface area contributed by atoms with Crippen LogP contribution in [0, 0.1) is 0 Å². The zero-order valence-electron chi connectivity index (χ0n) is 10.4. The highest BCUT2D eigenvalue weighted by atomic mass is 16.5. The summed E-state index contributed by atoms with van der Waals surface area (Å²) in [6.45, 7) is 0. The van der Waals surface area contributed by atoms with Crippen LogP contribution in [0.5, 0.6) is 5.75 Å². The lowest BCUT2D eigenvalue weighted by molar-refractivity contribution is 0.414. The number of fused-ring (bicyclic) bond motifs is 1. The molecule has 0 spiro atoms. The fourth-order valence-electron chi connectivity index (χ4n) is 2.01. The molecule has 0 saturated heterocycles. The zero-order valence-corrected chi connectivity index (χ0v) is 10.4. The van der Waals surface area contributed by atoms with Gasteiger partial charge < -0.3 is 9.72 Å². The van der Waals surface area contributed by atoms with Crippen LogP contribution in [-0.4, -0.2) is 17.1 Å². The number of methoxy groups -OCH3 is 1. The van der Waals surface area contributed by atoms with Gasteiger partial charge in [0.2, 0.25) is 5.56 Å². The zero-order chi connectivity index (χ0) is 13.2. The van der Waals surface area contributed by atoms with E-state index in [1.807, 2.05) is 24.3 Å². The van der Waals surface area contributed by atoms with E-state index in [4.69, 9.17) is 4.74 Å². The molecule has 4 nitrogen and oxygen atoms in total. The standard InChI is InChI=1S/C15H12N2O2/c1-19-12-6-7-16-13(9-12)11-3-2-10-4-5-15(18)17-14(10)8-11/h2-9H,1H3,(H,17,18). The van der Waals surface area contributed by atoms with E-state index in [1.54, 1.807) is 25.4 Å². The van der Waals surface area contributed by atoms with Crippen LogP contribution in [0.15, 0.2) is 53.5 Å². The van der Waals surface area contributed by atoms with Crippen molar-refractivity contribution < 1.29 is 4.74 Å². The molecule has 0 aliphatic rings. The molecule has 1 N–H and O–H groups in total. The number of aromatic amines is 1. The van der Waals surface area contributed by atoms with E-state index in [9.17, 15) is 4.79 Å². The first-order chi connectivity index (χ1) is 9.26. The third kappa shape index (κ3) is 2.20. The summed E-state index contributed by atoms with van der Waals surface area (Å²) in [5, 5.41) is 0.992. The highest BCUT2D eigenvalue weighted by Gasteiger charge is 2.03. The van der Waals surface area contributed by atoms with E-state index in [0.717, 1.165) is 27.9 Å². The van der Waals surface area contributed by atoms with E-state index < -0.39 is 0 Å². The van der Waals surface area contributed by atoms with Gasteiger partial charge >= 0.3 is 0 Å². The average molecular weight is 252 g/mol. The first-order valence-electron chi connectivity index (χ1n) is 5.90. The Bertz CT molecular complexity index is 793. The normalized spacial score (nSPS) is 10.6. The van der Waals surface area contributed by atoms with Crippen LogP contribution in [0.4, 0.5) is 0 Å². The molecule has 1 aromatic carbocycles. The molecule has 4 heteroatoms. The van der Waals surface area contributed by atoms with Gasteiger partial charge in [-0.1, -0.05) is 12.1 Å². The third-order valence-electron chi connectivity index (χ3n) is 2.99. The van der Waals surface area contributed by atoms with Gasteiger partial charge in [0.25, 0.3) is 0 Å². The molecule has 3 rings (SSSR count). The Balaban J connectivity index is 2.16. The van der Waals surface area contributed by atoms with Gasteiger partial charge in [-0.3, -0.25) is 9.78 Å². The Labute approximate surface area is 109 Å². The Morgan fingerprint density at radius 3 is 2.79 bits per heavy atom. The second kappa shape index (κ2) is 4.57. The lowest BCUT2D eigenvalue weighted by Gasteiger charge is -2.05. The second-order valence-electron chi connectivity index (χ2n) is 4.21. The van der Waals surface area contributed by atoms with Gasteiger partial charge in [0.05, 0.1) is 12.8 Å². The minimum absolute atomic E-state index is 0.108. The van der Waals surface area contributed by atoms with Gasteiger partial charge in [0.15, 0.2) is 0 Å². The van der Waals surface area contributed by atoms with E-state index in [1.165, 1.54) is 6.07 Å². The van der Waals surface area contributed by atoms with Gasteiger partial charge in [-0.15, -0.1) is 0 Å². The molecular weight excluding hydrogens is 240 g/mol. The third-order valence-corrected chi connectivity index (χ3v) is 2.99. The first-order valence-corrected chi connectivity index (χ1v) is 5.90. The minimum Gasteiger partial charge on any atom is -0.497 e. The molecule has 2 aromatic heterocycles. The summed E-state index contributed by atoms with van der Waals surface area (Å²) in [7, 11) is 1.62. The van der Waals surface area contributed by atoms with Crippen molar-refractivity contribution in [2.45, 2.75) is 0 Å². The monoisotopic (exact) mass is 252 g/mol. The van der Waals surface area contributed by atoms with E-state index in [-0.39, 0.29) is 5.56 Å². The molecule has 0 aliphatic carbocycles. The molecule has 0 bridgehead atoms. The maximum absolute atomic E-state index is 11.3. The van der Waals surface area contributed by atoms with Crippen LogP contribution >= 0.6 is 0 Å². The largest absolute Gasteiger partial charge is 0.497 e. The fourth-order valence-corrected chi connectivity index (χ4v) is 2.01. The Morgan fingerprint density at radius 1 is 1.11 bits per heavy atom. The van der Waals surface area contributed by atoms with Crippen molar-refractivity contribution >= 4 is 10.9 Å². The molecule has 2 heterocycles. The number of nitrogens with one attached hydrogen (secondary N) is 1. The molecule has 3 aromatic rings. The summed E-state index contributed by atoms with van der Waals surface area (Å²) >= 11 is 0. The van der Waals surface area contributed by atoms with Crippen LogP contribution in [0.25, 0.3) is 22.2 Å². The minimum atomic E-state index is -0.108. The number of nitrogens with zero attached hydrogens (tertiary/aromatic N) is 1. The van der Waals surface area contributed by atoms with Crippen LogP contribution in [0.3, 0.4) is 0 Å². The quantitative estimate of drug-likeness (QED) is 0.762. The number of hydrogen-bond acceptors (Lipinski definition) is 3. The van der Waals surface area contributed by atoms with Crippen LogP contribution in [0.2, 0.25) is 0 Å². The predicted octanol–water partition coefficient (Wildman–Crippen LogP) is 2.60. The Morgan fingerprint density at radius 2 is 1.95 bits per heavy atom. The number of benzene rings is 1. The van der Waals surface area contributed by atoms with Crippen molar-refractivity contribution in [3.63, 3.8) is 0 Å². The Kier molecular flexibility index (Phi) is 2.76. The molecule has 0 amide bonds. The number of aromatic nitrogens is 2. The van der Waals surface area contributed by atoms with E-state index in [2.05, 4.69) is 9.97 Å². The molecule has 94 valence electrons. The second-order valence-corrected chi connectivity index (χ2v) is 4.21. The van der Waals surface area contributed by atoms with Crippen molar-refractivity contribution in [2.75, 3.05) is 7.11 Å².